The molecular weight excluding hydrogens is 547 g/mol. The van der Waals surface area contributed by atoms with Crippen LogP contribution in [0.25, 0.3) is 5.76 Å². The average Bonchev–Trinajstić information content (AvgIpc) is 2.85. The number of benzene rings is 1. The van der Waals surface area contributed by atoms with Gasteiger partial charge in [-0.1, -0.05) is 6.42 Å². The normalized spacial score (nSPS) is 30.8. The first-order valence-corrected chi connectivity index (χ1v) is 13.3. The summed E-state index contributed by atoms with van der Waals surface area (Å²) in [5.41, 5.74) is -1.10. The number of nitrogens with two attached hydrogens (primary N) is 1. The predicted octanol–water partition coefficient (Wildman–Crippen LogP) is 2.14. The second kappa shape index (κ2) is 9.57. The lowest BCUT2D eigenvalue weighted by Crippen LogP contribution is -2.65. The fraction of sp³-hybridized carbons (Fsp3) is 0.536. The summed E-state index contributed by atoms with van der Waals surface area (Å²) in [5, 5.41) is 44.8. The number of carbonyl (C=O) groups excluding carboxylic acids is 3. The fourth-order valence-corrected chi connectivity index (χ4v) is 7.41. The number of aliphatic hydroxyl groups excluding tert-OH is 2. The number of fused-ring (bicyclic) bond motifs is 3. The number of halogens is 3. The number of hydrogen-bond acceptors (Lipinski definition) is 9. The molecule has 1 amide bonds. The van der Waals surface area contributed by atoms with Crippen LogP contribution in [0.3, 0.4) is 0 Å². The maximum Gasteiger partial charge on any atom is 0.417 e. The molecule has 2 fully saturated rings. The number of amides is 1. The highest BCUT2D eigenvalue weighted by atomic mass is 19.4. The zero-order chi connectivity index (χ0) is 30.3. The molecule has 222 valence electrons. The SMILES string of the molecule is CN1CCCCC1c1cc(O)c2c(c1C(F)(F)F)C[C@H]1C[C@H]3[C@H](N(C)C)C(=O)C(C(N)=O)=C(O)[C@@]3(O)C(=O)C1=C2O. The maximum atomic E-state index is 14.8. The summed E-state index contributed by atoms with van der Waals surface area (Å²) >= 11 is 0. The van der Waals surface area contributed by atoms with E-state index in [0.29, 0.717) is 19.4 Å². The smallest absolute Gasteiger partial charge is 0.417 e. The third-order valence-corrected chi connectivity index (χ3v) is 9.17. The highest BCUT2D eigenvalue weighted by Crippen LogP contribution is 2.55. The molecule has 1 heterocycles. The van der Waals surface area contributed by atoms with Gasteiger partial charge in [-0.05, 0) is 76.5 Å². The highest BCUT2D eigenvalue weighted by Gasteiger charge is 2.64. The van der Waals surface area contributed by atoms with E-state index in [1.54, 1.807) is 11.9 Å². The lowest BCUT2D eigenvalue weighted by Gasteiger charge is -2.50. The van der Waals surface area contributed by atoms with Crippen molar-refractivity contribution in [3.05, 3.63) is 45.2 Å². The number of hydrogen-bond donors (Lipinski definition) is 5. The predicted molar refractivity (Wildman–Crippen MR) is 138 cm³/mol. The Labute approximate surface area is 233 Å². The van der Waals surface area contributed by atoms with Gasteiger partial charge in [0.15, 0.2) is 11.4 Å². The van der Waals surface area contributed by atoms with Crippen molar-refractivity contribution < 1.29 is 48.0 Å². The Morgan fingerprint density at radius 2 is 1.83 bits per heavy atom. The average molecular weight is 580 g/mol. The molecule has 1 saturated heterocycles. The van der Waals surface area contributed by atoms with Crippen molar-refractivity contribution >= 4 is 23.2 Å². The Bertz CT molecular complexity index is 1430. The molecule has 3 aliphatic carbocycles. The Hall–Kier alpha value is -3.42. The molecule has 1 unspecified atom stereocenters. The van der Waals surface area contributed by atoms with Crippen LogP contribution in [0.15, 0.2) is 23.0 Å². The van der Waals surface area contributed by atoms with Gasteiger partial charge in [0.25, 0.3) is 5.91 Å². The van der Waals surface area contributed by atoms with Crippen molar-refractivity contribution in [1.29, 1.82) is 0 Å². The van der Waals surface area contributed by atoms with Crippen molar-refractivity contribution in [1.82, 2.24) is 9.80 Å². The van der Waals surface area contributed by atoms with Crippen LogP contribution >= 0.6 is 0 Å². The van der Waals surface area contributed by atoms with Crippen molar-refractivity contribution in [2.75, 3.05) is 27.7 Å². The molecule has 10 nitrogen and oxygen atoms in total. The van der Waals surface area contributed by atoms with E-state index in [4.69, 9.17) is 5.73 Å². The summed E-state index contributed by atoms with van der Waals surface area (Å²) in [6, 6.07) is -0.990. The zero-order valence-corrected chi connectivity index (χ0v) is 22.7. The summed E-state index contributed by atoms with van der Waals surface area (Å²) in [6.45, 7) is 0.566. The van der Waals surface area contributed by atoms with E-state index < -0.39 is 99.1 Å². The molecule has 5 rings (SSSR count). The van der Waals surface area contributed by atoms with Crippen LogP contribution in [0, 0.1) is 11.8 Å². The molecule has 0 radical (unpaired) electrons. The molecule has 1 saturated carbocycles. The number of phenolic OH excluding ortho intramolecular Hbond substituents is 1. The molecule has 0 aromatic heterocycles. The number of likely N-dealkylation sites (tertiary alicyclic amines) is 1. The number of primary amides is 1. The molecule has 5 atom stereocenters. The first kappa shape index (κ1) is 29.1. The first-order chi connectivity index (χ1) is 19.0. The van der Waals surface area contributed by atoms with E-state index in [1.807, 2.05) is 0 Å². The van der Waals surface area contributed by atoms with E-state index in [-0.39, 0.29) is 17.5 Å². The van der Waals surface area contributed by atoms with Crippen LogP contribution in [-0.2, 0) is 27.0 Å². The number of carbonyl (C=O) groups is 3. The van der Waals surface area contributed by atoms with Gasteiger partial charge in [-0.15, -0.1) is 0 Å². The number of Topliss-reactive ketones (excluding diaryl/α,β-unsaturated/α-hetero) is 2. The minimum atomic E-state index is -4.87. The van der Waals surface area contributed by atoms with Gasteiger partial charge in [0.05, 0.1) is 17.2 Å². The van der Waals surface area contributed by atoms with Gasteiger partial charge >= 0.3 is 6.18 Å². The van der Waals surface area contributed by atoms with Gasteiger partial charge in [-0.2, -0.15) is 13.2 Å². The summed E-state index contributed by atoms with van der Waals surface area (Å²) < 4.78 is 44.3. The number of ketones is 2. The van der Waals surface area contributed by atoms with Crippen molar-refractivity contribution in [3.8, 4) is 5.75 Å². The van der Waals surface area contributed by atoms with Crippen LogP contribution in [0.4, 0.5) is 13.2 Å². The van der Waals surface area contributed by atoms with Gasteiger partial charge in [-0.25, -0.2) is 0 Å². The molecule has 41 heavy (non-hydrogen) atoms. The van der Waals surface area contributed by atoms with E-state index in [1.165, 1.54) is 19.0 Å². The lowest BCUT2D eigenvalue weighted by atomic mass is 9.57. The molecule has 6 N–H and O–H groups in total. The van der Waals surface area contributed by atoms with E-state index >= 15 is 0 Å². The number of nitrogens with zero attached hydrogens (tertiary/aromatic N) is 2. The molecule has 0 spiro atoms. The standard InChI is InChI=1S/C28H32F3N3O7/c1-33(2)21-14-9-11-8-13-18(16(35)10-12(20(13)28(29,30)31)15-6-4-5-7-34(15)3)22(36)17(11)24(38)27(14,41)25(39)19(23(21)37)26(32)40/h10-11,14-15,21,35-36,39,41H,4-9H2,1-3H3,(H2,32,40)/t11-,14-,15?,21-,27-/m0/s1. The Balaban J connectivity index is 1.76. The van der Waals surface area contributed by atoms with Gasteiger partial charge in [0.1, 0.15) is 22.8 Å². The summed E-state index contributed by atoms with van der Waals surface area (Å²) in [6.07, 6.45) is -3.65. The second-order valence-electron chi connectivity index (χ2n) is 11.7. The Kier molecular flexibility index (Phi) is 6.79. The fourth-order valence-electron chi connectivity index (χ4n) is 7.41. The molecule has 0 bridgehead atoms. The number of aromatic hydroxyl groups is 1. The minimum absolute atomic E-state index is 0.128. The topological polar surface area (TPSA) is 165 Å². The Morgan fingerprint density at radius 1 is 1.17 bits per heavy atom. The lowest BCUT2D eigenvalue weighted by molar-refractivity contribution is -0.153. The van der Waals surface area contributed by atoms with Gasteiger partial charge in [0.2, 0.25) is 5.78 Å². The monoisotopic (exact) mass is 579 g/mol. The summed E-state index contributed by atoms with van der Waals surface area (Å²) in [5.74, 6) is -8.93. The van der Waals surface area contributed by atoms with Crippen molar-refractivity contribution in [2.45, 2.75) is 56.0 Å². The molecule has 1 aromatic carbocycles. The largest absolute Gasteiger partial charge is 0.508 e. The first-order valence-electron chi connectivity index (χ1n) is 13.3. The van der Waals surface area contributed by atoms with Crippen LogP contribution in [0.1, 0.15) is 54.0 Å². The van der Waals surface area contributed by atoms with Gasteiger partial charge < -0.3 is 26.2 Å². The van der Waals surface area contributed by atoms with Crippen LogP contribution in [-0.4, -0.2) is 87.0 Å². The number of piperidine rings is 1. The van der Waals surface area contributed by atoms with Crippen molar-refractivity contribution in [2.24, 2.45) is 17.6 Å². The second-order valence-corrected chi connectivity index (χ2v) is 11.7. The van der Waals surface area contributed by atoms with Crippen LogP contribution < -0.4 is 5.73 Å². The van der Waals surface area contributed by atoms with Crippen LogP contribution in [0.2, 0.25) is 0 Å². The van der Waals surface area contributed by atoms with Crippen molar-refractivity contribution in [3.63, 3.8) is 0 Å². The third kappa shape index (κ3) is 4.08. The third-order valence-electron chi connectivity index (χ3n) is 9.17. The summed E-state index contributed by atoms with van der Waals surface area (Å²) in [7, 11) is 4.60. The van der Waals surface area contributed by atoms with E-state index in [0.717, 1.165) is 12.5 Å². The molecular formula is C28H32F3N3O7. The molecule has 13 heteroatoms. The van der Waals surface area contributed by atoms with Gasteiger partial charge in [0, 0.05) is 17.5 Å². The van der Waals surface area contributed by atoms with Gasteiger partial charge in [-0.3, -0.25) is 24.2 Å². The molecule has 1 aromatic rings. The number of phenols is 1. The molecule has 1 aliphatic heterocycles. The van der Waals surface area contributed by atoms with E-state index in [9.17, 15) is 48.0 Å². The van der Waals surface area contributed by atoms with Crippen LogP contribution in [0.5, 0.6) is 5.75 Å². The quantitative estimate of drug-likeness (QED) is 0.338. The number of likely N-dealkylation sites (N-methyl/N-ethyl adjacent to an activating group) is 1. The number of alkyl halides is 3. The van der Waals surface area contributed by atoms with E-state index in [2.05, 4.69) is 0 Å². The number of aliphatic hydroxyl groups is 3. The Morgan fingerprint density at radius 3 is 2.39 bits per heavy atom. The summed E-state index contributed by atoms with van der Waals surface area (Å²) in [4.78, 5) is 42.3. The zero-order valence-electron chi connectivity index (χ0n) is 22.7. The highest BCUT2D eigenvalue weighted by molar-refractivity contribution is 6.24. The minimum Gasteiger partial charge on any atom is -0.508 e. The number of rotatable bonds is 3. The maximum absolute atomic E-state index is 14.8. The molecule has 4 aliphatic rings.